The number of pyridine rings is 1. The second-order valence-corrected chi connectivity index (χ2v) is 4.09. The summed E-state index contributed by atoms with van der Waals surface area (Å²) in [6.07, 6.45) is 3.81. The van der Waals surface area contributed by atoms with E-state index in [0.29, 0.717) is 6.42 Å². The molecule has 0 saturated carbocycles. The predicted molar refractivity (Wildman–Crippen MR) is 69.0 cm³/mol. The first kappa shape index (κ1) is 12.3. The maximum atomic E-state index is 10.7. The van der Waals surface area contributed by atoms with Crippen LogP contribution in [-0.4, -0.2) is 22.1 Å². The Morgan fingerprint density at radius 3 is 2.72 bits per heavy atom. The number of nitrogens with two attached hydrogens (primary N) is 1. The normalized spacial score (nSPS) is 12.1. The number of aromatic nitrogens is 1. The van der Waals surface area contributed by atoms with E-state index in [-0.39, 0.29) is 0 Å². The molecule has 0 fully saturated rings. The van der Waals surface area contributed by atoms with Crippen molar-refractivity contribution in [2.24, 2.45) is 5.73 Å². The van der Waals surface area contributed by atoms with Crippen molar-refractivity contribution in [2.75, 3.05) is 0 Å². The maximum Gasteiger partial charge on any atom is 0.320 e. The number of benzene rings is 1. The van der Waals surface area contributed by atoms with E-state index in [1.807, 2.05) is 36.4 Å². The van der Waals surface area contributed by atoms with Crippen LogP contribution < -0.4 is 5.73 Å². The van der Waals surface area contributed by atoms with E-state index in [4.69, 9.17) is 10.8 Å². The highest BCUT2D eigenvalue weighted by Gasteiger charge is 2.12. The number of hydrogen-bond acceptors (Lipinski definition) is 3. The third kappa shape index (κ3) is 2.93. The Kier molecular flexibility index (Phi) is 3.69. The van der Waals surface area contributed by atoms with Gasteiger partial charge in [0.05, 0.1) is 0 Å². The lowest BCUT2D eigenvalue weighted by Crippen LogP contribution is -2.32. The van der Waals surface area contributed by atoms with Crippen LogP contribution in [0.15, 0.2) is 48.8 Å². The van der Waals surface area contributed by atoms with Crippen molar-refractivity contribution < 1.29 is 9.90 Å². The topological polar surface area (TPSA) is 76.2 Å². The van der Waals surface area contributed by atoms with Crippen molar-refractivity contribution in [1.82, 2.24) is 4.98 Å². The number of carboxylic acids is 1. The zero-order valence-corrected chi connectivity index (χ0v) is 9.78. The number of rotatable bonds is 4. The van der Waals surface area contributed by atoms with Crippen LogP contribution in [0.5, 0.6) is 0 Å². The Morgan fingerprint density at radius 1 is 1.28 bits per heavy atom. The zero-order valence-electron chi connectivity index (χ0n) is 9.78. The fourth-order valence-corrected chi connectivity index (χ4v) is 1.75. The van der Waals surface area contributed by atoms with Crippen molar-refractivity contribution in [1.29, 1.82) is 0 Å². The third-order valence-electron chi connectivity index (χ3n) is 2.69. The van der Waals surface area contributed by atoms with E-state index in [2.05, 4.69) is 4.98 Å². The summed E-state index contributed by atoms with van der Waals surface area (Å²) in [5.74, 6) is -0.984. The molecular weight excluding hydrogens is 228 g/mol. The van der Waals surface area contributed by atoms with Crippen LogP contribution in [0.25, 0.3) is 11.1 Å². The lowest BCUT2D eigenvalue weighted by molar-refractivity contribution is -0.138. The first-order chi connectivity index (χ1) is 8.66. The first-order valence-electron chi connectivity index (χ1n) is 5.64. The van der Waals surface area contributed by atoms with E-state index in [0.717, 1.165) is 16.7 Å². The van der Waals surface area contributed by atoms with Gasteiger partial charge in [-0.1, -0.05) is 30.3 Å². The third-order valence-corrected chi connectivity index (χ3v) is 2.69. The van der Waals surface area contributed by atoms with Crippen LogP contribution in [0.2, 0.25) is 0 Å². The predicted octanol–water partition coefficient (Wildman–Crippen LogP) is 1.70. The minimum absolute atomic E-state index is 0.323. The van der Waals surface area contributed by atoms with E-state index >= 15 is 0 Å². The van der Waals surface area contributed by atoms with Gasteiger partial charge in [-0.05, 0) is 29.2 Å². The minimum atomic E-state index is -0.984. The van der Waals surface area contributed by atoms with E-state index in [9.17, 15) is 4.79 Å². The Balaban J connectivity index is 2.23. The summed E-state index contributed by atoms with van der Waals surface area (Å²) in [5.41, 5.74) is 8.45. The summed E-state index contributed by atoms with van der Waals surface area (Å²) in [7, 11) is 0. The quantitative estimate of drug-likeness (QED) is 0.855. The van der Waals surface area contributed by atoms with Gasteiger partial charge in [0.2, 0.25) is 0 Å². The zero-order chi connectivity index (χ0) is 13.0. The summed E-state index contributed by atoms with van der Waals surface area (Å²) in [6.45, 7) is 0. The van der Waals surface area contributed by atoms with Gasteiger partial charge in [-0.15, -0.1) is 0 Å². The fourth-order valence-electron chi connectivity index (χ4n) is 1.75. The standard InChI is InChI=1S/C14H14N2O2/c15-13(14(17)18)8-10-3-1-4-11(7-10)12-5-2-6-16-9-12/h1-7,9,13H,8,15H2,(H,17,18)/t13-/m0/s1. The average Bonchev–Trinajstić information content (AvgIpc) is 2.40. The first-order valence-corrected chi connectivity index (χ1v) is 5.64. The second kappa shape index (κ2) is 5.42. The molecule has 1 heterocycles. The van der Waals surface area contributed by atoms with Crippen LogP contribution >= 0.6 is 0 Å². The Labute approximate surface area is 105 Å². The molecule has 3 N–H and O–H groups in total. The number of carbonyl (C=O) groups is 1. The van der Waals surface area contributed by atoms with Crippen molar-refractivity contribution in [2.45, 2.75) is 12.5 Å². The van der Waals surface area contributed by atoms with Gasteiger partial charge >= 0.3 is 5.97 Å². The van der Waals surface area contributed by atoms with Gasteiger partial charge in [0, 0.05) is 12.4 Å². The summed E-state index contributed by atoms with van der Waals surface area (Å²) in [6, 6.07) is 10.6. The van der Waals surface area contributed by atoms with Gasteiger partial charge in [-0.25, -0.2) is 0 Å². The molecule has 4 nitrogen and oxygen atoms in total. The molecule has 1 aromatic heterocycles. The highest BCUT2D eigenvalue weighted by Crippen LogP contribution is 2.19. The van der Waals surface area contributed by atoms with E-state index < -0.39 is 12.0 Å². The molecule has 0 aliphatic heterocycles. The molecule has 0 saturated heterocycles. The highest BCUT2D eigenvalue weighted by atomic mass is 16.4. The lowest BCUT2D eigenvalue weighted by Gasteiger charge is -2.08. The van der Waals surface area contributed by atoms with Gasteiger partial charge in [0.15, 0.2) is 0 Å². The SMILES string of the molecule is N[C@@H](Cc1cccc(-c2cccnc2)c1)C(=O)O. The Morgan fingerprint density at radius 2 is 2.06 bits per heavy atom. The molecule has 0 amide bonds. The van der Waals surface area contributed by atoms with Crippen molar-refractivity contribution in [3.8, 4) is 11.1 Å². The molecule has 0 aliphatic rings. The smallest absolute Gasteiger partial charge is 0.320 e. The minimum Gasteiger partial charge on any atom is -0.480 e. The molecule has 2 aromatic rings. The molecule has 2 rings (SSSR count). The maximum absolute atomic E-state index is 10.7. The lowest BCUT2D eigenvalue weighted by atomic mass is 10.0. The summed E-state index contributed by atoms with van der Waals surface area (Å²) < 4.78 is 0. The number of nitrogens with zero attached hydrogens (tertiary/aromatic N) is 1. The van der Waals surface area contributed by atoms with Crippen molar-refractivity contribution in [3.05, 3.63) is 54.4 Å². The molecule has 1 atom stereocenters. The molecule has 0 bridgehead atoms. The van der Waals surface area contributed by atoms with Crippen LogP contribution in [-0.2, 0) is 11.2 Å². The van der Waals surface area contributed by atoms with Crippen LogP contribution in [0.1, 0.15) is 5.56 Å². The van der Waals surface area contributed by atoms with Crippen molar-refractivity contribution in [3.63, 3.8) is 0 Å². The van der Waals surface area contributed by atoms with E-state index in [1.165, 1.54) is 0 Å². The van der Waals surface area contributed by atoms with Crippen molar-refractivity contribution >= 4 is 5.97 Å². The summed E-state index contributed by atoms with van der Waals surface area (Å²) >= 11 is 0. The molecular formula is C14H14N2O2. The van der Waals surface area contributed by atoms with E-state index in [1.54, 1.807) is 12.4 Å². The molecule has 0 aliphatic carbocycles. The van der Waals surface area contributed by atoms with Crippen LogP contribution in [0.3, 0.4) is 0 Å². The molecule has 92 valence electrons. The van der Waals surface area contributed by atoms with Crippen LogP contribution in [0, 0.1) is 0 Å². The van der Waals surface area contributed by atoms with Crippen LogP contribution in [0.4, 0.5) is 0 Å². The van der Waals surface area contributed by atoms with Gasteiger partial charge < -0.3 is 10.8 Å². The highest BCUT2D eigenvalue weighted by molar-refractivity contribution is 5.73. The second-order valence-electron chi connectivity index (χ2n) is 4.09. The number of aliphatic carboxylic acids is 1. The van der Waals surface area contributed by atoms with Gasteiger partial charge in [0.25, 0.3) is 0 Å². The molecule has 4 heteroatoms. The summed E-state index contributed by atoms with van der Waals surface area (Å²) in [5, 5.41) is 8.79. The Hall–Kier alpha value is -2.20. The Bertz CT molecular complexity index is 541. The molecule has 0 unspecified atom stereocenters. The van der Waals surface area contributed by atoms with Gasteiger partial charge in [-0.2, -0.15) is 0 Å². The molecule has 0 spiro atoms. The fraction of sp³-hybridized carbons (Fsp3) is 0.143. The number of hydrogen-bond donors (Lipinski definition) is 2. The monoisotopic (exact) mass is 242 g/mol. The van der Waals surface area contributed by atoms with Gasteiger partial charge in [-0.3, -0.25) is 9.78 Å². The average molecular weight is 242 g/mol. The van der Waals surface area contributed by atoms with Gasteiger partial charge in [0.1, 0.15) is 6.04 Å². The number of carboxylic acid groups (broad SMARTS) is 1. The summed E-state index contributed by atoms with van der Waals surface area (Å²) in [4.78, 5) is 14.8. The molecule has 1 aromatic carbocycles. The molecule has 18 heavy (non-hydrogen) atoms. The largest absolute Gasteiger partial charge is 0.480 e. The molecule has 0 radical (unpaired) electrons.